The molecule has 2 N–H and O–H groups in total. The van der Waals surface area contributed by atoms with Crippen molar-refractivity contribution >= 4 is 5.91 Å². The number of rotatable bonds is 5. The van der Waals surface area contributed by atoms with E-state index in [1.165, 1.54) is 12.8 Å². The van der Waals surface area contributed by atoms with Crippen LogP contribution in [0.3, 0.4) is 0 Å². The van der Waals surface area contributed by atoms with E-state index in [2.05, 4.69) is 5.32 Å². The number of nitrogens with one attached hydrogen (secondary N) is 1. The third-order valence-corrected chi connectivity index (χ3v) is 3.47. The van der Waals surface area contributed by atoms with E-state index in [4.69, 9.17) is 0 Å². The van der Waals surface area contributed by atoms with Gasteiger partial charge in [0, 0.05) is 18.6 Å². The van der Waals surface area contributed by atoms with Crippen molar-refractivity contribution in [1.29, 1.82) is 0 Å². The molecular weight excluding hydrogens is 204 g/mol. The van der Waals surface area contributed by atoms with E-state index in [0.29, 0.717) is 12.5 Å². The van der Waals surface area contributed by atoms with Gasteiger partial charge in [0.15, 0.2) is 0 Å². The average Bonchev–Trinajstić information content (AvgIpc) is 2.91. The van der Waals surface area contributed by atoms with Crippen LogP contribution in [0.4, 0.5) is 0 Å². The van der Waals surface area contributed by atoms with Crippen molar-refractivity contribution in [2.24, 2.45) is 0 Å². The van der Waals surface area contributed by atoms with Gasteiger partial charge in [-0.15, -0.1) is 0 Å². The van der Waals surface area contributed by atoms with Gasteiger partial charge in [0.25, 0.3) is 0 Å². The maximum absolute atomic E-state index is 12.1. The smallest absolute Gasteiger partial charge is 0.240 e. The number of amides is 1. The first-order valence-corrected chi connectivity index (χ1v) is 6.32. The van der Waals surface area contributed by atoms with Crippen LogP contribution in [0.15, 0.2) is 0 Å². The molecule has 1 saturated heterocycles. The number of nitrogens with zero attached hydrogens (tertiary/aromatic N) is 1. The highest BCUT2D eigenvalue weighted by Crippen LogP contribution is 2.24. The minimum atomic E-state index is -0.335. The van der Waals surface area contributed by atoms with Gasteiger partial charge < -0.3 is 15.3 Å². The Bertz CT molecular complexity index is 264. The zero-order chi connectivity index (χ0) is 11.7. The van der Waals surface area contributed by atoms with Gasteiger partial charge in [-0.3, -0.25) is 4.79 Å². The van der Waals surface area contributed by atoms with E-state index >= 15 is 0 Å². The molecule has 4 nitrogen and oxygen atoms in total. The normalized spacial score (nSPS) is 29.6. The van der Waals surface area contributed by atoms with Crippen LogP contribution in [0.5, 0.6) is 0 Å². The Labute approximate surface area is 97.0 Å². The van der Waals surface area contributed by atoms with E-state index in [1.807, 2.05) is 11.8 Å². The molecular formula is C12H22N2O2. The topological polar surface area (TPSA) is 52.6 Å². The molecule has 2 rings (SSSR count). The molecule has 1 amide bonds. The number of likely N-dealkylation sites (tertiary alicyclic amines) is 1. The second kappa shape index (κ2) is 4.72. The molecule has 0 aromatic carbocycles. The van der Waals surface area contributed by atoms with Gasteiger partial charge >= 0.3 is 0 Å². The molecule has 1 aliphatic heterocycles. The molecule has 2 fully saturated rings. The highest BCUT2D eigenvalue weighted by molar-refractivity contribution is 5.84. The number of carbonyl (C=O) groups excluding carboxylic acids is 1. The summed E-state index contributed by atoms with van der Waals surface area (Å²) in [7, 11) is 0. The molecule has 3 atom stereocenters. The Balaban J connectivity index is 1.84. The summed E-state index contributed by atoms with van der Waals surface area (Å²) in [5.41, 5.74) is 0. The molecule has 3 unspecified atom stereocenters. The summed E-state index contributed by atoms with van der Waals surface area (Å²) in [6.45, 7) is 4.62. The molecule has 0 aromatic heterocycles. The summed E-state index contributed by atoms with van der Waals surface area (Å²) in [6, 6.07) is 0.767. The van der Waals surface area contributed by atoms with Gasteiger partial charge in [-0.1, -0.05) is 0 Å². The fourth-order valence-electron chi connectivity index (χ4n) is 2.45. The predicted octanol–water partition coefficient (Wildman–Crippen LogP) is 0.499. The second-order valence-corrected chi connectivity index (χ2v) is 5.25. The Morgan fingerprint density at radius 3 is 2.69 bits per heavy atom. The first-order chi connectivity index (χ1) is 7.58. The van der Waals surface area contributed by atoms with Crippen molar-refractivity contribution in [3.63, 3.8) is 0 Å². The molecule has 2 aliphatic rings. The van der Waals surface area contributed by atoms with Gasteiger partial charge in [-0.2, -0.15) is 0 Å². The van der Waals surface area contributed by atoms with Gasteiger partial charge in [0.05, 0.1) is 12.1 Å². The summed E-state index contributed by atoms with van der Waals surface area (Å²) in [5, 5.41) is 12.7. The zero-order valence-electron chi connectivity index (χ0n) is 10.1. The van der Waals surface area contributed by atoms with Gasteiger partial charge in [-0.25, -0.2) is 0 Å². The number of aliphatic hydroxyl groups excluding tert-OH is 1. The molecule has 16 heavy (non-hydrogen) atoms. The summed E-state index contributed by atoms with van der Waals surface area (Å²) in [5.74, 6) is 0.222. The van der Waals surface area contributed by atoms with Crippen LogP contribution in [-0.4, -0.2) is 46.7 Å². The largest absolute Gasteiger partial charge is 0.393 e. The van der Waals surface area contributed by atoms with E-state index in [1.54, 1.807) is 6.92 Å². The molecule has 4 heteroatoms. The van der Waals surface area contributed by atoms with Crippen molar-refractivity contribution in [2.75, 3.05) is 6.54 Å². The first kappa shape index (κ1) is 11.9. The third kappa shape index (κ3) is 2.74. The number of hydrogen-bond donors (Lipinski definition) is 2. The van der Waals surface area contributed by atoms with Crippen LogP contribution in [0.25, 0.3) is 0 Å². The molecule has 1 saturated carbocycles. The van der Waals surface area contributed by atoms with Crippen LogP contribution in [0.2, 0.25) is 0 Å². The van der Waals surface area contributed by atoms with E-state index in [-0.39, 0.29) is 24.1 Å². The maximum atomic E-state index is 12.1. The molecule has 92 valence electrons. The summed E-state index contributed by atoms with van der Waals surface area (Å²) in [4.78, 5) is 14.0. The first-order valence-electron chi connectivity index (χ1n) is 6.32. The van der Waals surface area contributed by atoms with Crippen molar-refractivity contribution in [3.05, 3.63) is 0 Å². The predicted molar refractivity (Wildman–Crippen MR) is 62.0 cm³/mol. The standard InChI is InChI=1S/C12H22N2O2/c1-8(7-9(2)15)14-6-5-11(12(14)16)13-10-3-4-10/h8-11,13,15H,3-7H2,1-2H3. The molecule has 0 spiro atoms. The lowest BCUT2D eigenvalue weighted by atomic mass is 10.1. The van der Waals surface area contributed by atoms with Gasteiger partial charge in [0.2, 0.25) is 5.91 Å². The van der Waals surface area contributed by atoms with E-state index in [0.717, 1.165) is 13.0 Å². The zero-order valence-corrected chi connectivity index (χ0v) is 10.1. The van der Waals surface area contributed by atoms with Gasteiger partial charge in [-0.05, 0) is 39.5 Å². The Morgan fingerprint density at radius 1 is 1.44 bits per heavy atom. The monoisotopic (exact) mass is 226 g/mol. The van der Waals surface area contributed by atoms with Crippen LogP contribution in [0, 0.1) is 0 Å². The van der Waals surface area contributed by atoms with Crippen LogP contribution >= 0.6 is 0 Å². The molecule has 1 aliphatic carbocycles. The molecule has 0 aromatic rings. The van der Waals surface area contributed by atoms with E-state index < -0.39 is 0 Å². The summed E-state index contributed by atoms with van der Waals surface area (Å²) >= 11 is 0. The Morgan fingerprint density at radius 2 is 2.12 bits per heavy atom. The number of hydrogen-bond acceptors (Lipinski definition) is 3. The number of aliphatic hydroxyl groups is 1. The summed E-state index contributed by atoms with van der Waals surface area (Å²) < 4.78 is 0. The lowest BCUT2D eigenvalue weighted by Gasteiger charge is -2.25. The molecule has 0 bridgehead atoms. The van der Waals surface area contributed by atoms with Crippen molar-refractivity contribution in [1.82, 2.24) is 10.2 Å². The maximum Gasteiger partial charge on any atom is 0.240 e. The Hall–Kier alpha value is -0.610. The highest BCUT2D eigenvalue weighted by atomic mass is 16.3. The molecule has 1 heterocycles. The average molecular weight is 226 g/mol. The fraction of sp³-hybridized carbons (Fsp3) is 0.917. The van der Waals surface area contributed by atoms with Crippen LogP contribution in [-0.2, 0) is 4.79 Å². The lowest BCUT2D eigenvalue weighted by Crippen LogP contribution is -2.43. The minimum absolute atomic E-state index is 0.0314. The van der Waals surface area contributed by atoms with Crippen LogP contribution in [0.1, 0.15) is 39.5 Å². The van der Waals surface area contributed by atoms with Crippen molar-refractivity contribution < 1.29 is 9.90 Å². The highest BCUT2D eigenvalue weighted by Gasteiger charge is 2.37. The third-order valence-electron chi connectivity index (χ3n) is 3.47. The molecule has 0 radical (unpaired) electrons. The van der Waals surface area contributed by atoms with Crippen molar-refractivity contribution in [3.8, 4) is 0 Å². The quantitative estimate of drug-likeness (QED) is 0.717. The second-order valence-electron chi connectivity index (χ2n) is 5.25. The minimum Gasteiger partial charge on any atom is -0.393 e. The summed E-state index contributed by atoms with van der Waals surface area (Å²) in [6.07, 6.45) is 3.68. The SMILES string of the molecule is CC(O)CC(C)N1CCC(NC2CC2)C1=O. The van der Waals surface area contributed by atoms with E-state index in [9.17, 15) is 9.90 Å². The number of carbonyl (C=O) groups is 1. The lowest BCUT2D eigenvalue weighted by molar-refractivity contribution is -0.131. The Kier molecular flexibility index (Phi) is 3.50. The van der Waals surface area contributed by atoms with Crippen LogP contribution < -0.4 is 5.32 Å². The van der Waals surface area contributed by atoms with Gasteiger partial charge in [0.1, 0.15) is 0 Å². The van der Waals surface area contributed by atoms with Crippen molar-refractivity contribution in [2.45, 2.75) is 63.8 Å². The fourth-order valence-corrected chi connectivity index (χ4v) is 2.45.